The molecule has 0 saturated heterocycles. The van der Waals surface area contributed by atoms with Crippen LogP contribution in [-0.4, -0.2) is 44.7 Å². The number of carboxylic acid groups (broad SMARTS) is 1. The second kappa shape index (κ2) is 9.21. The highest BCUT2D eigenvalue weighted by Crippen LogP contribution is 2.31. The number of carbonyl (C=O) groups excluding carboxylic acids is 1. The molecule has 1 aromatic heterocycles. The van der Waals surface area contributed by atoms with Crippen molar-refractivity contribution in [1.29, 1.82) is 0 Å². The van der Waals surface area contributed by atoms with E-state index in [1.165, 1.54) is 0 Å². The van der Waals surface area contributed by atoms with Gasteiger partial charge in [-0.05, 0) is 31.2 Å². The largest absolute Gasteiger partial charge is 0.476 e. The third-order valence-corrected chi connectivity index (χ3v) is 4.70. The van der Waals surface area contributed by atoms with Crippen molar-refractivity contribution in [1.82, 2.24) is 15.3 Å². The Morgan fingerprint density at radius 3 is 1.73 bits per heavy atom. The van der Waals surface area contributed by atoms with E-state index in [9.17, 15) is 19.8 Å². The fraction of sp³-hybridized carbons (Fsp3) is 0.143. The molecule has 30 heavy (non-hydrogen) atoms. The molecule has 1 amide bonds. The van der Waals surface area contributed by atoms with Gasteiger partial charge in [-0.3, -0.25) is 4.79 Å². The van der Waals surface area contributed by atoms with Gasteiger partial charge in [-0.15, -0.1) is 0 Å². The molecule has 2 aromatic carbocycles. The fourth-order valence-corrected chi connectivity index (χ4v) is 2.95. The van der Waals surface area contributed by atoms with Gasteiger partial charge in [0.25, 0.3) is 5.91 Å². The highest BCUT2D eigenvalue weighted by Gasteiger charge is 2.25. The Morgan fingerprint density at radius 1 is 0.900 bits per heavy atom. The van der Waals surface area contributed by atoms with Crippen LogP contribution in [0, 0.1) is 0 Å². The number of carbonyl (C=O) groups is 2. The van der Waals surface area contributed by atoms with Crippen molar-refractivity contribution in [3.05, 3.63) is 70.0 Å². The molecule has 154 valence electrons. The molecule has 0 fully saturated rings. The number of hydrogen-bond acceptors (Lipinski definition) is 5. The van der Waals surface area contributed by atoms with Gasteiger partial charge in [0.05, 0.1) is 18.0 Å². The van der Waals surface area contributed by atoms with E-state index in [1.54, 1.807) is 55.5 Å². The smallest absolute Gasteiger partial charge is 0.357 e. The Balaban J connectivity index is 2.26. The quantitative estimate of drug-likeness (QED) is 0.529. The van der Waals surface area contributed by atoms with Crippen LogP contribution in [0.5, 0.6) is 0 Å². The summed E-state index contributed by atoms with van der Waals surface area (Å²) >= 11 is 11.9. The number of carboxylic acids is 1. The maximum atomic E-state index is 12.6. The molecule has 0 aliphatic carbocycles. The third-order valence-electron chi connectivity index (χ3n) is 4.20. The summed E-state index contributed by atoms with van der Waals surface area (Å²) in [6.45, 7) is 1.27. The molecule has 0 saturated carbocycles. The lowest BCUT2D eigenvalue weighted by Crippen LogP contribution is -2.36. The predicted molar refractivity (Wildman–Crippen MR) is 114 cm³/mol. The van der Waals surface area contributed by atoms with Gasteiger partial charge < -0.3 is 15.5 Å². The number of aromatic nitrogens is 2. The third kappa shape index (κ3) is 4.76. The van der Waals surface area contributed by atoms with E-state index in [1.807, 2.05) is 0 Å². The summed E-state index contributed by atoms with van der Waals surface area (Å²) in [6, 6.07) is 12.8. The number of aliphatic hydroxyl groups excluding tert-OH is 1. The van der Waals surface area contributed by atoms with E-state index < -0.39 is 23.6 Å². The van der Waals surface area contributed by atoms with Crippen molar-refractivity contribution in [2.45, 2.75) is 13.0 Å². The molecule has 0 bridgehead atoms. The molecular weight excluding hydrogens is 429 g/mol. The summed E-state index contributed by atoms with van der Waals surface area (Å²) in [5.41, 5.74) is 0.901. The fourth-order valence-electron chi connectivity index (χ4n) is 2.70. The molecule has 1 heterocycles. The molecule has 3 N–H and O–H groups in total. The Hall–Kier alpha value is -3.00. The Labute approximate surface area is 182 Å². The first-order valence-electron chi connectivity index (χ1n) is 8.89. The first kappa shape index (κ1) is 21.7. The zero-order valence-corrected chi connectivity index (χ0v) is 17.3. The first-order chi connectivity index (χ1) is 14.3. The lowest BCUT2D eigenvalue weighted by molar-refractivity contribution is 0.0682. The Kier molecular flexibility index (Phi) is 6.66. The number of nitrogens with zero attached hydrogens (tertiary/aromatic N) is 2. The molecule has 3 rings (SSSR count). The molecule has 0 radical (unpaired) electrons. The monoisotopic (exact) mass is 445 g/mol. The molecule has 1 atom stereocenters. The first-order valence-corrected chi connectivity index (χ1v) is 9.64. The minimum absolute atomic E-state index is 0.276. The SMILES string of the molecule is CC(CO)NC(=O)c1nc(-c2ccc(Cl)cc2)c(-c2ccc(Cl)cc2)nc1C(=O)O. The summed E-state index contributed by atoms with van der Waals surface area (Å²) in [5.74, 6) is -2.15. The number of benzene rings is 2. The van der Waals surface area contributed by atoms with Crippen molar-refractivity contribution in [3.63, 3.8) is 0 Å². The van der Waals surface area contributed by atoms with Crippen LogP contribution in [-0.2, 0) is 0 Å². The predicted octanol–water partition coefficient (Wildman–Crippen LogP) is 3.93. The number of rotatable bonds is 6. The minimum Gasteiger partial charge on any atom is -0.476 e. The van der Waals surface area contributed by atoms with Crippen LogP contribution in [0.2, 0.25) is 10.0 Å². The van der Waals surface area contributed by atoms with Crippen molar-refractivity contribution in [3.8, 4) is 22.5 Å². The molecule has 0 spiro atoms. The summed E-state index contributed by atoms with van der Waals surface area (Å²) in [7, 11) is 0. The van der Waals surface area contributed by atoms with E-state index in [4.69, 9.17) is 23.2 Å². The van der Waals surface area contributed by atoms with Crippen LogP contribution in [0.3, 0.4) is 0 Å². The summed E-state index contributed by atoms with van der Waals surface area (Å²) in [4.78, 5) is 33.1. The molecule has 9 heteroatoms. The van der Waals surface area contributed by atoms with Crippen molar-refractivity contribution < 1.29 is 19.8 Å². The lowest BCUT2D eigenvalue weighted by atomic mass is 10.0. The van der Waals surface area contributed by atoms with Gasteiger partial charge in [-0.1, -0.05) is 47.5 Å². The van der Waals surface area contributed by atoms with Gasteiger partial charge in [0, 0.05) is 27.2 Å². The number of nitrogens with one attached hydrogen (secondary N) is 1. The normalized spacial score (nSPS) is 11.7. The number of hydrogen-bond donors (Lipinski definition) is 3. The second-order valence-corrected chi connectivity index (χ2v) is 7.37. The highest BCUT2D eigenvalue weighted by atomic mass is 35.5. The van der Waals surface area contributed by atoms with E-state index in [0.717, 1.165) is 0 Å². The second-order valence-electron chi connectivity index (χ2n) is 6.49. The number of amides is 1. The Morgan fingerprint density at radius 2 is 1.33 bits per heavy atom. The van der Waals surface area contributed by atoms with Crippen LogP contribution in [0.25, 0.3) is 22.5 Å². The summed E-state index contributed by atoms with van der Waals surface area (Å²) in [6.07, 6.45) is 0. The van der Waals surface area contributed by atoms with E-state index in [2.05, 4.69) is 15.3 Å². The van der Waals surface area contributed by atoms with Crippen LogP contribution in [0.4, 0.5) is 0 Å². The van der Waals surface area contributed by atoms with E-state index >= 15 is 0 Å². The van der Waals surface area contributed by atoms with Crippen LogP contribution >= 0.6 is 23.2 Å². The molecule has 0 aliphatic rings. The lowest BCUT2D eigenvalue weighted by Gasteiger charge is -2.15. The molecule has 1 unspecified atom stereocenters. The van der Waals surface area contributed by atoms with Gasteiger partial charge in [0.2, 0.25) is 0 Å². The van der Waals surface area contributed by atoms with Gasteiger partial charge in [0.15, 0.2) is 11.4 Å². The Bertz CT molecular complexity index is 1090. The number of aromatic carboxylic acids is 1. The topological polar surface area (TPSA) is 112 Å². The highest BCUT2D eigenvalue weighted by molar-refractivity contribution is 6.31. The van der Waals surface area contributed by atoms with Gasteiger partial charge >= 0.3 is 5.97 Å². The maximum absolute atomic E-state index is 12.6. The molecular formula is C21H17Cl2N3O4. The number of aliphatic hydroxyl groups is 1. The average molecular weight is 446 g/mol. The van der Waals surface area contributed by atoms with Crippen LogP contribution in [0.15, 0.2) is 48.5 Å². The average Bonchev–Trinajstić information content (AvgIpc) is 2.73. The zero-order chi connectivity index (χ0) is 21.8. The van der Waals surface area contributed by atoms with Gasteiger partial charge in [-0.2, -0.15) is 0 Å². The maximum Gasteiger partial charge on any atom is 0.357 e. The summed E-state index contributed by atoms with van der Waals surface area (Å²) < 4.78 is 0. The molecule has 3 aromatic rings. The van der Waals surface area contributed by atoms with Crippen molar-refractivity contribution in [2.75, 3.05) is 6.61 Å². The van der Waals surface area contributed by atoms with Gasteiger partial charge in [0.1, 0.15) is 0 Å². The van der Waals surface area contributed by atoms with Crippen LogP contribution in [0.1, 0.15) is 27.9 Å². The minimum atomic E-state index is -1.40. The van der Waals surface area contributed by atoms with Gasteiger partial charge in [-0.25, -0.2) is 14.8 Å². The van der Waals surface area contributed by atoms with Crippen molar-refractivity contribution >= 4 is 35.1 Å². The number of halogens is 2. The molecule has 0 aliphatic heterocycles. The summed E-state index contributed by atoms with van der Waals surface area (Å²) in [5, 5.41) is 22.4. The molecule has 7 nitrogen and oxygen atoms in total. The zero-order valence-electron chi connectivity index (χ0n) is 15.8. The van der Waals surface area contributed by atoms with E-state index in [0.29, 0.717) is 26.9 Å². The van der Waals surface area contributed by atoms with E-state index in [-0.39, 0.29) is 18.0 Å². The van der Waals surface area contributed by atoms with Crippen molar-refractivity contribution in [2.24, 2.45) is 0 Å². The standard InChI is InChI=1S/C21H17Cl2N3O4/c1-11(10-27)24-20(28)18-19(21(29)30)26-17(13-4-8-15(23)9-5-13)16(25-18)12-2-6-14(22)7-3-12/h2-9,11,27H,10H2,1H3,(H,24,28)(H,29,30). The van der Waals surface area contributed by atoms with Crippen LogP contribution < -0.4 is 5.32 Å².